The van der Waals surface area contributed by atoms with E-state index in [2.05, 4.69) is 15.3 Å². The van der Waals surface area contributed by atoms with Crippen molar-refractivity contribution < 1.29 is 17.9 Å². The molecule has 10 heteroatoms. The molecule has 1 N–H and O–H groups in total. The van der Waals surface area contributed by atoms with Crippen molar-refractivity contribution in [1.29, 1.82) is 0 Å². The summed E-state index contributed by atoms with van der Waals surface area (Å²) in [5.41, 5.74) is -0.160. The van der Waals surface area contributed by atoms with Crippen LogP contribution in [0.3, 0.4) is 0 Å². The molecule has 0 saturated carbocycles. The summed E-state index contributed by atoms with van der Waals surface area (Å²) in [5, 5.41) is 3.15. The summed E-state index contributed by atoms with van der Waals surface area (Å²) < 4.78 is 44.8. The Morgan fingerprint density at radius 1 is 1.08 bits per heavy atom. The van der Waals surface area contributed by atoms with E-state index in [-0.39, 0.29) is 36.5 Å². The lowest BCUT2D eigenvalue weighted by Crippen LogP contribution is -2.44. The number of hydrogen-bond donors (Lipinski definition) is 1. The number of hydrogen-bond acceptors (Lipinski definition) is 5. The van der Waals surface area contributed by atoms with Crippen LogP contribution < -0.4 is 15.0 Å². The van der Waals surface area contributed by atoms with Crippen molar-refractivity contribution in [2.75, 3.05) is 38.2 Å². The molecule has 1 aromatic carbocycles. The predicted molar refractivity (Wildman–Crippen MR) is 98.6 cm³/mol. The summed E-state index contributed by atoms with van der Waals surface area (Å²) in [7, 11) is 1.51. The third-order valence-corrected chi connectivity index (χ3v) is 3.77. The van der Waals surface area contributed by atoms with E-state index in [0.717, 1.165) is 6.07 Å². The van der Waals surface area contributed by atoms with Crippen molar-refractivity contribution in [1.82, 2.24) is 15.3 Å². The standard InChI is InChI=1S/C16H17F3N4O.2ClH/c1-24-12-4-2-3-11(9-12)13-10-14(16(17,18)19)22-15(21-13)23-7-5-20-6-8-23;;/h2-4,9-10,20H,5-8H2,1H3;2*1H. The summed E-state index contributed by atoms with van der Waals surface area (Å²) in [4.78, 5) is 9.83. The molecule has 0 amide bonds. The largest absolute Gasteiger partial charge is 0.497 e. The number of anilines is 1. The van der Waals surface area contributed by atoms with Crippen LogP contribution in [-0.2, 0) is 6.18 Å². The number of ether oxygens (including phenoxy) is 1. The summed E-state index contributed by atoms with van der Waals surface area (Å²) in [5.74, 6) is 0.660. The molecule has 0 unspecified atom stereocenters. The van der Waals surface area contributed by atoms with Gasteiger partial charge in [-0.25, -0.2) is 9.97 Å². The van der Waals surface area contributed by atoms with Crippen LogP contribution in [0.2, 0.25) is 0 Å². The first kappa shape index (κ1) is 22.3. The first-order chi connectivity index (χ1) is 11.5. The third-order valence-electron chi connectivity index (χ3n) is 3.77. The summed E-state index contributed by atoms with van der Waals surface area (Å²) in [6.07, 6.45) is -4.53. The summed E-state index contributed by atoms with van der Waals surface area (Å²) in [6.45, 7) is 2.51. The molecule has 1 aliphatic rings. The maximum atomic E-state index is 13.2. The minimum absolute atomic E-state index is 0. The molecule has 2 heterocycles. The molecular formula is C16H19Cl2F3N4O. The summed E-state index contributed by atoms with van der Waals surface area (Å²) >= 11 is 0. The van der Waals surface area contributed by atoms with Gasteiger partial charge in [0.2, 0.25) is 5.95 Å². The fourth-order valence-electron chi connectivity index (χ4n) is 2.52. The second-order valence-corrected chi connectivity index (χ2v) is 5.41. The molecule has 1 aromatic heterocycles. The molecule has 1 fully saturated rings. The Balaban J connectivity index is 0.00000169. The molecule has 0 atom stereocenters. The normalized spacial score (nSPS) is 14.2. The summed E-state index contributed by atoms with van der Waals surface area (Å²) in [6, 6.07) is 7.78. The minimum atomic E-state index is -4.53. The first-order valence-electron chi connectivity index (χ1n) is 7.54. The maximum absolute atomic E-state index is 13.2. The smallest absolute Gasteiger partial charge is 0.433 e. The first-order valence-corrected chi connectivity index (χ1v) is 7.54. The second kappa shape index (κ2) is 9.25. The van der Waals surface area contributed by atoms with Crippen molar-refractivity contribution in [2.24, 2.45) is 0 Å². The topological polar surface area (TPSA) is 50.3 Å². The van der Waals surface area contributed by atoms with Gasteiger partial charge in [0.1, 0.15) is 5.75 Å². The van der Waals surface area contributed by atoms with Crippen LogP contribution in [0.5, 0.6) is 5.75 Å². The zero-order valence-electron chi connectivity index (χ0n) is 13.9. The predicted octanol–water partition coefficient (Wildman–Crippen LogP) is 3.42. The van der Waals surface area contributed by atoms with Gasteiger partial charge in [0.05, 0.1) is 12.8 Å². The quantitative estimate of drug-likeness (QED) is 0.839. The molecular weight excluding hydrogens is 392 g/mol. The molecule has 0 bridgehead atoms. The molecule has 0 aliphatic carbocycles. The Morgan fingerprint density at radius 2 is 1.77 bits per heavy atom. The highest BCUT2D eigenvalue weighted by Gasteiger charge is 2.34. The molecule has 5 nitrogen and oxygen atoms in total. The number of benzene rings is 1. The Kier molecular flexibility index (Phi) is 7.92. The molecule has 0 spiro atoms. The fourth-order valence-corrected chi connectivity index (χ4v) is 2.52. The van der Waals surface area contributed by atoms with Gasteiger partial charge in [-0.15, -0.1) is 24.8 Å². The number of alkyl halides is 3. The van der Waals surface area contributed by atoms with E-state index in [1.165, 1.54) is 7.11 Å². The van der Waals surface area contributed by atoms with Crippen LogP contribution in [0.15, 0.2) is 30.3 Å². The molecule has 3 rings (SSSR count). The van der Waals surface area contributed by atoms with Crippen molar-refractivity contribution in [3.8, 4) is 17.0 Å². The lowest BCUT2D eigenvalue weighted by atomic mass is 10.1. The third kappa shape index (κ3) is 5.12. The minimum Gasteiger partial charge on any atom is -0.497 e. The van der Waals surface area contributed by atoms with E-state index >= 15 is 0 Å². The van der Waals surface area contributed by atoms with Gasteiger partial charge in [0.25, 0.3) is 0 Å². The van der Waals surface area contributed by atoms with E-state index in [1.54, 1.807) is 29.2 Å². The van der Waals surface area contributed by atoms with Crippen molar-refractivity contribution in [3.05, 3.63) is 36.0 Å². The van der Waals surface area contributed by atoms with Gasteiger partial charge in [0, 0.05) is 31.7 Å². The zero-order valence-corrected chi connectivity index (χ0v) is 15.5. The van der Waals surface area contributed by atoms with E-state index in [0.29, 0.717) is 37.5 Å². The Labute approximate surface area is 161 Å². The number of rotatable bonds is 3. The number of nitrogens with one attached hydrogen (secondary N) is 1. The van der Waals surface area contributed by atoms with Gasteiger partial charge >= 0.3 is 6.18 Å². The van der Waals surface area contributed by atoms with Crippen LogP contribution >= 0.6 is 24.8 Å². The Bertz CT molecular complexity index is 725. The van der Waals surface area contributed by atoms with E-state index < -0.39 is 11.9 Å². The monoisotopic (exact) mass is 410 g/mol. The lowest BCUT2D eigenvalue weighted by molar-refractivity contribution is -0.141. The van der Waals surface area contributed by atoms with Crippen LogP contribution in [0.4, 0.5) is 19.1 Å². The number of methoxy groups -OCH3 is 1. The molecule has 144 valence electrons. The molecule has 26 heavy (non-hydrogen) atoms. The fraction of sp³-hybridized carbons (Fsp3) is 0.375. The Hall–Kier alpha value is -1.77. The van der Waals surface area contributed by atoms with Crippen LogP contribution in [-0.4, -0.2) is 43.3 Å². The van der Waals surface area contributed by atoms with Gasteiger partial charge in [-0.1, -0.05) is 12.1 Å². The number of piperazine rings is 1. The average Bonchev–Trinajstić information content (AvgIpc) is 2.61. The van der Waals surface area contributed by atoms with E-state index in [1.807, 2.05) is 0 Å². The highest BCUT2D eigenvalue weighted by atomic mass is 35.5. The lowest BCUT2D eigenvalue weighted by Gasteiger charge is -2.28. The number of halogens is 5. The van der Waals surface area contributed by atoms with Crippen LogP contribution in [0.1, 0.15) is 5.69 Å². The van der Waals surface area contributed by atoms with E-state index in [9.17, 15) is 13.2 Å². The highest BCUT2D eigenvalue weighted by Crippen LogP contribution is 2.32. The van der Waals surface area contributed by atoms with Gasteiger partial charge in [0.15, 0.2) is 5.69 Å². The average molecular weight is 411 g/mol. The van der Waals surface area contributed by atoms with Crippen LogP contribution in [0, 0.1) is 0 Å². The second-order valence-electron chi connectivity index (χ2n) is 5.41. The molecule has 1 saturated heterocycles. The van der Waals surface area contributed by atoms with Crippen molar-refractivity contribution in [3.63, 3.8) is 0 Å². The number of aromatic nitrogens is 2. The maximum Gasteiger partial charge on any atom is 0.433 e. The van der Waals surface area contributed by atoms with Crippen LogP contribution in [0.25, 0.3) is 11.3 Å². The van der Waals surface area contributed by atoms with E-state index in [4.69, 9.17) is 4.74 Å². The number of nitrogens with zero attached hydrogens (tertiary/aromatic N) is 3. The molecule has 0 radical (unpaired) electrons. The van der Waals surface area contributed by atoms with Gasteiger partial charge in [-0.3, -0.25) is 0 Å². The van der Waals surface area contributed by atoms with Crippen molar-refractivity contribution in [2.45, 2.75) is 6.18 Å². The molecule has 2 aromatic rings. The Morgan fingerprint density at radius 3 is 2.38 bits per heavy atom. The zero-order chi connectivity index (χ0) is 17.2. The molecule has 1 aliphatic heterocycles. The van der Waals surface area contributed by atoms with Crippen molar-refractivity contribution >= 4 is 30.8 Å². The van der Waals surface area contributed by atoms with Gasteiger partial charge < -0.3 is 15.0 Å². The highest BCUT2D eigenvalue weighted by molar-refractivity contribution is 5.85. The van der Waals surface area contributed by atoms with Gasteiger partial charge in [-0.05, 0) is 18.2 Å². The SMILES string of the molecule is COc1cccc(-c2cc(C(F)(F)F)nc(N3CCNCC3)n2)c1.Cl.Cl. The van der Waals surface area contributed by atoms with Gasteiger partial charge in [-0.2, -0.15) is 13.2 Å².